The van der Waals surface area contributed by atoms with E-state index in [0.717, 1.165) is 30.5 Å². The molecule has 2 heterocycles. The van der Waals surface area contributed by atoms with Crippen molar-refractivity contribution >= 4 is 5.91 Å². The maximum Gasteiger partial charge on any atom is 0.223 e. The van der Waals surface area contributed by atoms with Crippen LogP contribution in [0.25, 0.3) is 0 Å². The summed E-state index contributed by atoms with van der Waals surface area (Å²) in [7, 11) is 0. The third-order valence-electron chi connectivity index (χ3n) is 4.43. The number of nitrogens with zero attached hydrogens (tertiary/aromatic N) is 1. The molecule has 4 heteroatoms. The Bertz CT molecular complexity index is 590. The van der Waals surface area contributed by atoms with Gasteiger partial charge in [-0.25, -0.2) is 0 Å². The fraction of sp³-hybridized carbons (Fsp3) is 0.368. The van der Waals surface area contributed by atoms with Crippen molar-refractivity contribution in [3.8, 4) is 0 Å². The molecular formula is C19H23N3O. The highest BCUT2D eigenvalue weighted by molar-refractivity contribution is 5.79. The predicted octanol–water partition coefficient (Wildman–Crippen LogP) is 2.68. The first kappa shape index (κ1) is 15.7. The van der Waals surface area contributed by atoms with E-state index in [1.54, 1.807) is 6.20 Å². The van der Waals surface area contributed by atoms with E-state index in [9.17, 15) is 4.79 Å². The van der Waals surface area contributed by atoms with Crippen molar-refractivity contribution in [3.63, 3.8) is 0 Å². The Labute approximate surface area is 137 Å². The van der Waals surface area contributed by atoms with Crippen molar-refractivity contribution in [3.05, 3.63) is 66.0 Å². The van der Waals surface area contributed by atoms with Crippen LogP contribution < -0.4 is 10.6 Å². The van der Waals surface area contributed by atoms with Crippen LogP contribution >= 0.6 is 0 Å². The lowest BCUT2D eigenvalue weighted by Crippen LogP contribution is -2.43. The minimum atomic E-state index is -0.150. The summed E-state index contributed by atoms with van der Waals surface area (Å²) < 4.78 is 0. The average Bonchev–Trinajstić information content (AvgIpc) is 2.61. The van der Waals surface area contributed by atoms with E-state index in [1.165, 1.54) is 0 Å². The predicted molar refractivity (Wildman–Crippen MR) is 90.9 cm³/mol. The van der Waals surface area contributed by atoms with Crippen molar-refractivity contribution in [2.75, 3.05) is 6.54 Å². The molecule has 1 aromatic heterocycles. The van der Waals surface area contributed by atoms with Crippen LogP contribution in [-0.4, -0.2) is 23.5 Å². The highest BCUT2D eigenvalue weighted by Crippen LogP contribution is 2.23. The minimum absolute atomic E-state index is 0.0779. The van der Waals surface area contributed by atoms with Gasteiger partial charge in [-0.1, -0.05) is 36.4 Å². The molecule has 1 saturated heterocycles. The Morgan fingerprint density at radius 1 is 1.22 bits per heavy atom. The molecule has 0 radical (unpaired) electrons. The lowest BCUT2D eigenvalue weighted by atomic mass is 9.91. The molecule has 2 aromatic rings. The zero-order valence-corrected chi connectivity index (χ0v) is 13.4. The van der Waals surface area contributed by atoms with E-state index in [1.807, 2.05) is 48.7 Å². The molecule has 120 valence electrons. The van der Waals surface area contributed by atoms with Crippen molar-refractivity contribution in [2.24, 2.45) is 5.92 Å². The SMILES string of the molecule is C[C@H]1C[C@@H](C(=O)NC(c2ccccc2)c2cccnc2)CCN1. The number of hydrogen-bond donors (Lipinski definition) is 2. The number of carbonyl (C=O) groups is 1. The normalized spacial score (nSPS) is 22.3. The molecule has 1 aromatic carbocycles. The maximum absolute atomic E-state index is 12.7. The van der Waals surface area contributed by atoms with Crippen LogP contribution in [0, 0.1) is 5.92 Å². The van der Waals surface area contributed by atoms with Crippen molar-refractivity contribution < 1.29 is 4.79 Å². The van der Waals surface area contributed by atoms with Gasteiger partial charge in [0.15, 0.2) is 0 Å². The summed E-state index contributed by atoms with van der Waals surface area (Å²) in [5, 5.41) is 6.63. The van der Waals surface area contributed by atoms with E-state index in [4.69, 9.17) is 0 Å². The monoisotopic (exact) mass is 309 g/mol. The quantitative estimate of drug-likeness (QED) is 0.913. The Hall–Kier alpha value is -2.20. The molecule has 23 heavy (non-hydrogen) atoms. The average molecular weight is 309 g/mol. The lowest BCUT2D eigenvalue weighted by Gasteiger charge is -2.29. The Balaban J connectivity index is 1.80. The first-order valence-corrected chi connectivity index (χ1v) is 8.22. The molecule has 1 aliphatic heterocycles. The standard InChI is InChI=1S/C19H23N3O/c1-14-12-16(9-11-21-14)19(23)22-18(15-6-3-2-4-7-15)17-8-5-10-20-13-17/h2-8,10,13-14,16,18,21H,9,11-12H2,1H3,(H,22,23)/t14-,16-,18?/m0/s1. The van der Waals surface area contributed by atoms with Crippen LogP contribution in [0.4, 0.5) is 0 Å². The van der Waals surface area contributed by atoms with Gasteiger partial charge in [-0.15, -0.1) is 0 Å². The highest BCUT2D eigenvalue weighted by Gasteiger charge is 2.27. The van der Waals surface area contributed by atoms with Crippen molar-refractivity contribution in [2.45, 2.75) is 31.8 Å². The second-order valence-electron chi connectivity index (χ2n) is 6.22. The molecule has 3 atom stereocenters. The largest absolute Gasteiger partial charge is 0.345 e. The molecule has 1 fully saturated rings. The van der Waals surface area contributed by atoms with E-state index >= 15 is 0 Å². The number of piperidine rings is 1. The number of rotatable bonds is 4. The first-order chi connectivity index (χ1) is 11.2. The molecule has 1 aliphatic rings. The second-order valence-corrected chi connectivity index (χ2v) is 6.22. The number of nitrogens with one attached hydrogen (secondary N) is 2. The van der Waals surface area contributed by atoms with Crippen molar-refractivity contribution in [1.29, 1.82) is 0 Å². The fourth-order valence-corrected chi connectivity index (χ4v) is 3.18. The summed E-state index contributed by atoms with van der Waals surface area (Å²) in [6.45, 7) is 3.04. The third kappa shape index (κ3) is 3.96. The Kier molecular flexibility index (Phi) is 5.03. The molecule has 0 bridgehead atoms. The molecule has 0 aliphatic carbocycles. The number of aromatic nitrogens is 1. The summed E-state index contributed by atoms with van der Waals surface area (Å²) >= 11 is 0. The first-order valence-electron chi connectivity index (χ1n) is 8.22. The van der Waals surface area contributed by atoms with Crippen LogP contribution in [0.5, 0.6) is 0 Å². The van der Waals surface area contributed by atoms with Crippen LogP contribution in [0.3, 0.4) is 0 Å². The summed E-state index contributed by atoms with van der Waals surface area (Å²) in [4.78, 5) is 16.9. The Morgan fingerprint density at radius 2 is 2.00 bits per heavy atom. The number of benzene rings is 1. The van der Waals surface area contributed by atoms with Crippen LogP contribution in [0.15, 0.2) is 54.9 Å². The number of amides is 1. The van der Waals surface area contributed by atoms with Crippen LogP contribution in [0.1, 0.15) is 36.9 Å². The molecule has 1 amide bonds. The van der Waals surface area contributed by atoms with E-state index in [2.05, 4.69) is 22.5 Å². The highest BCUT2D eigenvalue weighted by atomic mass is 16.1. The van der Waals surface area contributed by atoms with Gasteiger partial charge in [0.2, 0.25) is 5.91 Å². The minimum Gasteiger partial charge on any atom is -0.345 e. The molecule has 0 spiro atoms. The zero-order chi connectivity index (χ0) is 16.1. The van der Waals surface area contributed by atoms with Gasteiger partial charge < -0.3 is 10.6 Å². The molecule has 0 saturated carbocycles. The Morgan fingerprint density at radius 3 is 2.70 bits per heavy atom. The third-order valence-corrected chi connectivity index (χ3v) is 4.43. The van der Waals surface area contributed by atoms with Gasteiger partial charge in [0.05, 0.1) is 6.04 Å². The number of pyridine rings is 1. The van der Waals surface area contributed by atoms with E-state index in [0.29, 0.717) is 6.04 Å². The van der Waals surface area contributed by atoms with Crippen molar-refractivity contribution in [1.82, 2.24) is 15.6 Å². The van der Waals surface area contributed by atoms with Crippen LogP contribution in [0.2, 0.25) is 0 Å². The van der Waals surface area contributed by atoms with Gasteiger partial charge in [0.25, 0.3) is 0 Å². The van der Waals surface area contributed by atoms with Crippen LogP contribution in [-0.2, 0) is 4.79 Å². The zero-order valence-electron chi connectivity index (χ0n) is 13.4. The molecule has 2 N–H and O–H groups in total. The summed E-state index contributed by atoms with van der Waals surface area (Å²) in [5.41, 5.74) is 2.09. The van der Waals surface area contributed by atoms with E-state index in [-0.39, 0.29) is 17.9 Å². The van der Waals surface area contributed by atoms with Gasteiger partial charge in [-0.2, -0.15) is 0 Å². The fourth-order valence-electron chi connectivity index (χ4n) is 3.18. The van der Waals surface area contributed by atoms with E-state index < -0.39 is 0 Å². The summed E-state index contributed by atoms with van der Waals surface area (Å²) in [6, 6.07) is 14.2. The topological polar surface area (TPSA) is 54.0 Å². The smallest absolute Gasteiger partial charge is 0.223 e. The summed E-state index contributed by atoms with van der Waals surface area (Å²) in [5.74, 6) is 0.213. The lowest BCUT2D eigenvalue weighted by molar-refractivity contribution is -0.126. The molecule has 4 nitrogen and oxygen atoms in total. The van der Waals surface area contributed by atoms with Gasteiger partial charge in [0.1, 0.15) is 0 Å². The van der Waals surface area contributed by atoms with Gasteiger partial charge in [0, 0.05) is 24.4 Å². The number of hydrogen-bond acceptors (Lipinski definition) is 3. The van der Waals surface area contributed by atoms with Gasteiger partial charge >= 0.3 is 0 Å². The molecule has 1 unspecified atom stereocenters. The molecular weight excluding hydrogens is 286 g/mol. The number of carbonyl (C=O) groups excluding carboxylic acids is 1. The maximum atomic E-state index is 12.7. The molecule has 3 rings (SSSR count). The summed E-state index contributed by atoms with van der Waals surface area (Å²) in [6.07, 6.45) is 5.36. The van der Waals surface area contributed by atoms with Gasteiger partial charge in [-0.05, 0) is 43.5 Å². The second kappa shape index (κ2) is 7.38. The van der Waals surface area contributed by atoms with Gasteiger partial charge in [-0.3, -0.25) is 9.78 Å².